The van der Waals surface area contributed by atoms with Crippen LogP contribution in [0.1, 0.15) is 36.3 Å². The van der Waals surface area contributed by atoms with Crippen LogP contribution in [-0.2, 0) is 5.41 Å². The first-order valence-corrected chi connectivity index (χ1v) is 9.30. The second-order valence-corrected chi connectivity index (χ2v) is 7.80. The average molecular weight is 390 g/mol. The number of hydrogen-bond acceptors (Lipinski definition) is 5. The van der Waals surface area contributed by atoms with E-state index >= 15 is 0 Å². The van der Waals surface area contributed by atoms with Crippen LogP contribution in [-0.4, -0.2) is 28.6 Å². The van der Waals surface area contributed by atoms with Gasteiger partial charge in [-0.3, -0.25) is 9.78 Å². The summed E-state index contributed by atoms with van der Waals surface area (Å²) in [6.45, 7) is 3.44. The Balaban J connectivity index is 1.90. The molecule has 3 aromatic rings. The summed E-state index contributed by atoms with van der Waals surface area (Å²) in [6, 6.07) is 8.02. The molecule has 5 nitrogen and oxygen atoms in total. The summed E-state index contributed by atoms with van der Waals surface area (Å²) >= 11 is 1.35. The molecular formula is C19H20F2N4OS. The van der Waals surface area contributed by atoms with Crippen molar-refractivity contribution in [3.8, 4) is 0 Å². The highest BCUT2D eigenvalue weighted by Gasteiger charge is 2.33. The zero-order valence-corrected chi connectivity index (χ0v) is 15.8. The summed E-state index contributed by atoms with van der Waals surface area (Å²) < 4.78 is 28.9. The number of amides is 1. The van der Waals surface area contributed by atoms with Crippen molar-refractivity contribution in [1.29, 1.82) is 0 Å². The second kappa shape index (κ2) is 7.56. The monoisotopic (exact) mass is 390 g/mol. The Morgan fingerprint density at radius 2 is 2.15 bits per heavy atom. The van der Waals surface area contributed by atoms with Crippen LogP contribution in [0.3, 0.4) is 0 Å². The SMILES string of the molecule is C[C@H](F)C[C@@](C)(CNc1nc2c(C(N)=O)cccc2s1)c1ncccc1F. The molecule has 2 aromatic heterocycles. The van der Waals surface area contributed by atoms with Gasteiger partial charge < -0.3 is 11.1 Å². The van der Waals surface area contributed by atoms with E-state index < -0.39 is 23.3 Å². The molecule has 0 saturated heterocycles. The summed E-state index contributed by atoms with van der Waals surface area (Å²) in [5, 5.41) is 3.70. The number of benzene rings is 1. The molecule has 0 saturated carbocycles. The standard InChI is InChI=1S/C19H20F2N4OS/c1-11(20)9-19(2,16-13(21)6-4-8-23-16)10-24-18-25-15-12(17(22)26)5-3-7-14(15)27-18/h3-8,11H,9-10H2,1-2H3,(H2,22,26)(H,24,25)/t11-,19-/m0/s1. The lowest BCUT2D eigenvalue weighted by Gasteiger charge is -2.30. The number of nitrogens with zero attached hydrogens (tertiary/aromatic N) is 2. The highest BCUT2D eigenvalue weighted by molar-refractivity contribution is 7.22. The Bertz CT molecular complexity index is 975. The summed E-state index contributed by atoms with van der Waals surface area (Å²) in [4.78, 5) is 20.1. The fourth-order valence-electron chi connectivity index (χ4n) is 3.20. The van der Waals surface area contributed by atoms with Crippen LogP contribution in [0.2, 0.25) is 0 Å². The number of pyridine rings is 1. The van der Waals surface area contributed by atoms with Gasteiger partial charge in [0, 0.05) is 18.2 Å². The molecule has 0 aliphatic rings. The molecule has 3 N–H and O–H groups in total. The normalized spacial score (nSPS) is 14.7. The molecule has 0 radical (unpaired) electrons. The lowest BCUT2D eigenvalue weighted by molar-refractivity contribution is 0.100. The number of hydrogen-bond donors (Lipinski definition) is 2. The van der Waals surface area contributed by atoms with Gasteiger partial charge in [0.25, 0.3) is 5.91 Å². The van der Waals surface area contributed by atoms with Crippen LogP contribution in [0.25, 0.3) is 10.2 Å². The van der Waals surface area contributed by atoms with Crippen LogP contribution in [0.15, 0.2) is 36.5 Å². The van der Waals surface area contributed by atoms with E-state index in [1.165, 1.54) is 36.6 Å². The molecule has 1 amide bonds. The number of para-hydroxylation sites is 1. The first-order chi connectivity index (χ1) is 12.8. The van der Waals surface area contributed by atoms with Crippen LogP contribution in [0.4, 0.5) is 13.9 Å². The third-order valence-corrected chi connectivity index (χ3v) is 5.35. The Hall–Kier alpha value is -2.61. The molecule has 0 unspecified atom stereocenters. The van der Waals surface area contributed by atoms with Crippen molar-refractivity contribution in [2.75, 3.05) is 11.9 Å². The van der Waals surface area contributed by atoms with Gasteiger partial charge in [-0.1, -0.05) is 24.3 Å². The molecule has 0 aliphatic heterocycles. The quantitative estimate of drug-likeness (QED) is 0.638. The van der Waals surface area contributed by atoms with Gasteiger partial charge in [0.1, 0.15) is 5.82 Å². The zero-order chi connectivity index (χ0) is 19.6. The third-order valence-electron chi connectivity index (χ3n) is 4.38. The minimum atomic E-state index is -1.13. The topological polar surface area (TPSA) is 80.9 Å². The molecule has 3 rings (SSSR count). The first-order valence-electron chi connectivity index (χ1n) is 8.48. The lowest BCUT2D eigenvalue weighted by Crippen LogP contribution is -2.35. The molecule has 2 atom stereocenters. The molecule has 1 aromatic carbocycles. The smallest absolute Gasteiger partial charge is 0.250 e. The maximum absolute atomic E-state index is 14.3. The van der Waals surface area contributed by atoms with Crippen LogP contribution >= 0.6 is 11.3 Å². The van der Waals surface area contributed by atoms with E-state index in [2.05, 4.69) is 15.3 Å². The number of anilines is 1. The Morgan fingerprint density at radius 1 is 1.37 bits per heavy atom. The van der Waals surface area contributed by atoms with Gasteiger partial charge in [-0.15, -0.1) is 0 Å². The van der Waals surface area contributed by atoms with Gasteiger partial charge >= 0.3 is 0 Å². The van der Waals surface area contributed by atoms with Crippen LogP contribution < -0.4 is 11.1 Å². The van der Waals surface area contributed by atoms with Crippen molar-refractivity contribution in [2.45, 2.75) is 31.9 Å². The number of nitrogens with two attached hydrogens (primary N) is 1. The van der Waals surface area contributed by atoms with E-state index in [9.17, 15) is 13.6 Å². The largest absolute Gasteiger partial charge is 0.366 e. The number of primary amides is 1. The number of nitrogens with one attached hydrogen (secondary N) is 1. The second-order valence-electron chi connectivity index (χ2n) is 6.77. The Morgan fingerprint density at radius 3 is 2.81 bits per heavy atom. The minimum Gasteiger partial charge on any atom is -0.366 e. The van der Waals surface area contributed by atoms with Crippen molar-refractivity contribution >= 4 is 32.6 Å². The van der Waals surface area contributed by atoms with Crippen molar-refractivity contribution in [1.82, 2.24) is 9.97 Å². The van der Waals surface area contributed by atoms with Gasteiger partial charge in [-0.05, 0) is 37.6 Å². The maximum atomic E-state index is 14.3. The highest BCUT2D eigenvalue weighted by Crippen LogP contribution is 2.33. The van der Waals surface area contributed by atoms with Gasteiger partial charge in [0.2, 0.25) is 0 Å². The fourth-order valence-corrected chi connectivity index (χ4v) is 4.09. The van der Waals surface area contributed by atoms with Gasteiger partial charge in [0.15, 0.2) is 5.13 Å². The minimum absolute atomic E-state index is 0.103. The molecular weight excluding hydrogens is 370 g/mol. The van der Waals surface area contributed by atoms with Crippen molar-refractivity contribution in [3.63, 3.8) is 0 Å². The van der Waals surface area contributed by atoms with Crippen molar-refractivity contribution < 1.29 is 13.6 Å². The lowest BCUT2D eigenvalue weighted by atomic mass is 9.81. The predicted molar refractivity (Wildman–Crippen MR) is 103 cm³/mol. The molecule has 0 fully saturated rings. The number of alkyl halides is 1. The number of aromatic nitrogens is 2. The van der Waals surface area contributed by atoms with Gasteiger partial charge in [-0.2, -0.15) is 0 Å². The molecule has 8 heteroatoms. The molecule has 2 heterocycles. The van der Waals surface area contributed by atoms with Gasteiger partial charge in [0.05, 0.1) is 27.6 Å². The molecule has 0 aliphatic carbocycles. The number of halogens is 2. The number of rotatable bonds is 7. The molecule has 27 heavy (non-hydrogen) atoms. The first kappa shape index (κ1) is 19.2. The highest BCUT2D eigenvalue weighted by atomic mass is 32.1. The number of fused-ring (bicyclic) bond motifs is 1. The van der Waals surface area contributed by atoms with E-state index in [4.69, 9.17) is 5.73 Å². The summed E-state index contributed by atoms with van der Waals surface area (Å²) in [7, 11) is 0. The van der Waals surface area contributed by atoms with E-state index in [1.54, 1.807) is 19.1 Å². The number of thiazole rings is 1. The van der Waals surface area contributed by atoms with E-state index in [0.717, 1.165) is 4.70 Å². The summed E-state index contributed by atoms with van der Waals surface area (Å²) in [5.74, 6) is -1.02. The number of carbonyl (C=O) groups excluding carboxylic acids is 1. The summed E-state index contributed by atoms with van der Waals surface area (Å²) in [5.41, 5.74) is 5.59. The average Bonchev–Trinajstić information content (AvgIpc) is 3.02. The predicted octanol–water partition coefficient (Wildman–Crippen LogP) is 4.05. The van der Waals surface area contributed by atoms with E-state index in [-0.39, 0.29) is 18.7 Å². The Labute approximate surface area is 159 Å². The van der Waals surface area contributed by atoms with E-state index in [0.29, 0.717) is 16.2 Å². The Kier molecular flexibility index (Phi) is 5.36. The van der Waals surface area contributed by atoms with Crippen molar-refractivity contribution in [3.05, 3.63) is 53.6 Å². The summed E-state index contributed by atoms with van der Waals surface area (Å²) in [6.07, 6.45) is 0.469. The number of carbonyl (C=O) groups is 1. The molecule has 0 spiro atoms. The van der Waals surface area contributed by atoms with E-state index in [1.807, 2.05) is 6.07 Å². The fraction of sp³-hybridized carbons (Fsp3) is 0.316. The van der Waals surface area contributed by atoms with Crippen LogP contribution in [0.5, 0.6) is 0 Å². The van der Waals surface area contributed by atoms with Crippen molar-refractivity contribution in [2.24, 2.45) is 5.73 Å². The van der Waals surface area contributed by atoms with Crippen LogP contribution in [0, 0.1) is 5.82 Å². The molecule has 0 bridgehead atoms. The third kappa shape index (κ3) is 4.05. The molecule has 142 valence electrons. The maximum Gasteiger partial charge on any atom is 0.250 e. The van der Waals surface area contributed by atoms with Gasteiger partial charge in [-0.25, -0.2) is 13.8 Å². The zero-order valence-electron chi connectivity index (χ0n) is 15.0.